The Kier molecular flexibility index (Phi) is 2.62. The van der Waals surface area contributed by atoms with Crippen LogP contribution in [0.4, 0.5) is 11.4 Å². The molecule has 1 aliphatic rings. The number of carbonyl (C=O) groups is 1. The van der Waals surface area contributed by atoms with Crippen molar-refractivity contribution in [3.63, 3.8) is 0 Å². The van der Waals surface area contributed by atoms with Crippen molar-refractivity contribution in [2.24, 2.45) is 0 Å². The molecule has 0 bridgehead atoms. The molecule has 0 saturated heterocycles. The molecule has 1 aromatic rings. The van der Waals surface area contributed by atoms with Gasteiger partial charge >= 0.3 is 0 Å². The molecule has 15 heavy (non-hydrogen) atoms. The van der Waals surface area contributed by atoms with Crippen molar-refractivity contribution >= 4 is 17.3 Å². The number of hydrogen-bond acceptors (Lipinski definition) is 2. The predicted molar refractivity (Wildman–Crippen MR) is 61.8 cm³/mol. The van der Waals surface area contributed by atoms with Gasteiger partial charge in [0.25, 0.3) is 0 Å². The second kappa shape index (κ2) is 3.93. The Morgan fingerprint density at radius 2 is 2.20 bits per heavy atom. The average molecular weight is 204 g/mol. The van der Waals surface area contributed by atoms with Crippen molar-refractivity contribution in [2.45, 2.75) is 26.2 Å². The van der Waals surface area contributed by atoms with Gasteiger partial charge in [-0.3, -0.25) is 4.79 Å². The molecule has 1 aliphatic heterocycles. The number of hydrogen-bond donors (Lipinski definition) is 1. The number of benzene rings is 1. The Bertz CT molecular complexity index is 387. The second-order valence-corrected chi connectivity index (χ2v) is 3.93. The molecule has 0 aromatic heterocycles. The number of anilines is 2. The topological polar surface area (TPSA) is 46.3 Å². The third kappa shape index (κ3) is 1.82. The first-order chi connectivity index (χ1) is 7.22. The van der Waals surface area contributed by atoms with E-state index in [0.717, 1.165) is 30.8 Å². The molecule has 0 spiro atoms. The fraction of sp³-hybridized carbons (Fsp3) is 0.417. The molecule has 0 aliphatic carbocycles. The molecular weight excluding hydrogens is 188 g/mol. The van der Waals surface area contributed by atoms with Crippen LogP contribution in [0.2, 0.25) is 0 Å². The number of amides is 1. The maximum absolute atomic E-state index is 11.7. The molecule has 0 radical (unpaired) electrons. The zero-order chi connectivity index (χ0) is 10.8. The molecule has 80 valence electrons. The first-order valence-corrected chi connectivity index (χ1v) is 5.41. The second-order valence-electron chi connectivity index (χ2n) is 3.93. The van der Waals surface area contributed by atoms with E-state index in [1.807, 2.05) is 23.1 Å². The highest BCUT2D eigenvalue weighted by Crippen LogP contribution is 2.29. The number of rotatable bonds is 2. The van der Waals surface area contributed by atoms with Crippen LogP contribution in [0, 0.1) is 0 Å². The lowest BCUT2D eigenvalue weighted by Gasteiger charge is -2.29. The molecule has 2 N–H and O–H groups in total. The lowest BCUT2D eigenvalue weighted by molar-refractivity contribution is -0.118. The van der Waals surface area contributed by atoms with Crippen LogP contribution in [0.15, 0.2) is 18.2 Å². The number of nitrogen functional groups attached to an aromatic ring is 1. The standard InChI is InChI=1S/C12H16N2O/c1-2-7-14-11-5-4-10(13)8-9(11)3-6-12(14)15/h4-5,8H,2-3,6-7,13H2,1H3. The lowest BCUT2D eigenvalue weighted by Crippen LogP contribution is -2.35. The molecule has 3 heteroatoms. The first kappa shape index (κ1) is 10.0. The maximum atomic E-state index is 11.7. The molecule has 0 unspecified atom stereocenters. The van der Waals surface area contributed by atoms with Crippen LogP contribution in [-0.4, -0.2) is 12.5 Å². The summed E-state index contributed by atoms with van der Waals surface area (Å²) in [5.74, 6) is 0.231. The molecular formula is C12H16N2O. The molecule has 1 amide bonds. The van der Waals surface area contributed by atoms with E-state index in [0.29, 0.717) is 6.42 Å². The van der Waals surface area contributed by atoms with E-state index in [2.05, 4.69) is 6.92 Å². The Morgan fingerprint density at radius 1 is 1.40 bits per heavy atom. The lowest BCUT2D eigenvalue weighted by atomic mass is 10.0. The van der Waals surface area contributed by atoms with Gasteiger partial charge in [-0.25, -0.2) is 0 Å². The van der Waals surface area contributed by atoms with Crippen molar-refractivity contribution in [1.82, 2.24) is 0 Å². The summed E-state index contributed by atoms with van der Waals surface area (Å²) in [5, 5.41) is 0. The van der Waals surface area contributed by atoms with Crippen molar-refractivity contribution in [2.75, 3.05) is 17.2 Å². The van der Waals surface area contributed by atoms with Gasteiger partial charge in [-0.2, -0.15) is 0 Å². The summed E-state index contributed by atoms with van der Waals surface area (Å²) in [6, 6.07) is 5.79. The maximum Gasteiger partial charge on any atom is 0.227 e. The molecule has 1 aromatic carbocycles. The highest BCUT2D eigenvalue weighted by Gasteiger charge is 2.22. The van der Waals surface area contributed by atoms with Gasteiger partial charge in [-0.05, 0) is 36.6 Å². The van der Waals surface area contributed by atoms with Crippen LogP contribution in [0.5, 0.6) is 0 Å². The number of fused-ring (bicyclic) bond motifs is 1. The number of aryl methyl sites for hydroxylation is 1. The summed E-state index contributed by atoms with van der Waals surface area (Å²) in [7, 11) is 0. The zero-order valence-electron chi connectivity index (χ0n) is 8.99. The van der Waals surface area contributed by atoms with Gasteiger partial charge in [0.1, 0.15) is 0 Å². The smallest absolute Gasteiger partial charge is 0.227 e. The van der Waals surface area contributed by atoms with Crippen LogP contribution in [-0.2, 0) is 11.2 Å². The number of nitrogens with zero attached hydrogens (tertiary/aromatic N) is 1. The van der Waals surface area contributed by atoms with Crippen molar-refractivity contribution in [3.05, 3.63) is 23.8 Å². The Morgan fingerprint density at radius 3 is 2.93 bits per heavy atom. The van der Waals surface area contributed by atoms with E-state index < -0.39 is 0 Å². The fourth-order valence-corrected chi connectivity index (χ4v) is 2.05. The summed E-state index contributed by atoms with van der Waals surface area (Å²) in [6.45, 7) is 2.88. The molecule has 3 nitrogen and oxygen atoms in total. The first-order valence-electron chi connectivity index (χ1n) is 5.41. The van der Waals surface area contributed by atoms with E-state index in [1.54, 1.807) is 0 Å². The van der Waals surface area contributed by atoms with Gasteiger partial charge in [0.2, 0.25) is 5.91 Å². The highest BCUT2D eigenvalue weighted by molar-refractivity contribution is 5.96. The number of nitrogens with two attached hydrogens (primary N) is 1. The summed E-state index contributed by atoms with van der Waals surface area (Å²) in [4.78, 5) is 13.6. The third-order valence-corrected chi connectivity index (χ3v) is 2.75. The van der Waals surface area contributed by atoms with Crippen LogP contribution < -0.4 is 10.6 Å². The van der Waals surface area contributed by atoms with Gasteiger partial charge in [-0.1, -0.05) is 6.92 Å². The Hall–Kier alpha value is -1.51. The predicted octanol–water partition coefficient (Wildman–Crippen LogP) is 1.96. The molecule has 1 heterocycles. The monoisotopic (exact) mass is 204 g/mol. The fourth-order valence-electron chi connectivity index (χ4n) is 2.05. The van der Waals surface area contributed by atoms with E-state index in [4.69, 9.17) is 5.73 Å². The minimum atomic E-state index is 0.231. The van der Waals surface area contributed by atoms with Crippen molar-refractivity contribution in [3.8, 4) is 0 Å². The average Bonchev–Trinajstić information content (AvgIpc) is 2.22. The van der Waals surface area contributed by atoms with Gasteiger partial charge in [0.05, 0.1) is 0 Å². The van der Waals surface area contributed by atoms with Crippen molar-refractivity contribution in [1.29, 1.82) is 0 Å². The minimum Gasteiger partial charge on any atom is -0.399 e. The minimum absolute atomic E-state index is 0.231. The quantitative estimate of drug-likeness (QED) is 0.748. The van der Waals surface area contributed by atoms with Crippen LogP contribution in [0.25, 0.3) is 0 Å². The Balaban J connectivity index is 2.39. The van der Waals surface area contributed by atoms with E-state index in [9.17, 15) is 4.79 Å². The summed E-state index contributed by atoms with van der Waals surface area (Å²) < 4.78 is 0. The van der Waals surface area contributed by atoms with Gasteiger partial charge < -0.3 is 10.6 Å². The van der Waals surface area contributed by atoms with Crippen LogP contribution in [0.3, 0.4) is 0 Å². The summed E-state index contributed by atoms with van der Waals surface area (Å²) in [5.41, 5.74) is 8.75. The van der Waals surface area contributed by atoms with Gasteiger partial charge in [-0.15, -0.1) is 0 Å². The highest BCUT2D eigenvalue weighted by atomic mass is 16.2. The molecule has 2 rings (SSSR count). The van der Waals surface area contributed by atoms with Crippen LogP contribution >= 0.6 is 0 Å². The summed E-state index contributed by atoms with van der Waals surface area (Å²) in [6.07, 6.45) is 2.41. The van der Waals surface area contributed by atoms with E-state index >= 15 is 0 Å². The van der Waals surface area contributed by atoms with Crippen LogP contribution in [0.1, 0.15) is 25.3 Å². The third-order valence-electron chi connectivity index (χ3n) is 2.75. The molecule has 0 atom stereocenters. The normalized spacial score (nSPS) is 15.3. The zero-order valence-corrected chi connectivity index (χ0v) is 8.99. The summed E-state index contributed by atoms with van der Waals surface area (Å²) >= 11 is 0. The number of carbonyl (C=O) groups excluding carboxylic acids is 1. The SMILES string of the molecule is CCCN1C(=O)CCc2cc(N)ccc21. The van der Waals surface area contributed by atoms with Gasteiger partial charge in [0.15, 0.2) is 0 Å². The van der Waals surface area contributed by atoms with Gasteiger partial charge in [0, 0.05) is 24.3 Å². The van der Waals surface area contributed by atoms with Crippen molar-refractivity contribution < 1.29 is 4.79 Å². The van der Waals surface area contributed by atoms with E-state index in [1.165, 1.54) is 5.56 Å². The van der Waals surface area contributed by atoms with E-state index in [-0.39, 0.29) is 5.91 Å². The largest absolute Gasteiger partial charge is 0.399 e. The molecule has 0 fully saturated rings. The molecule has 0 saturated carbocycles. The Labute approximate surface area is 89.9 Å².